The molecule has 0 amide bonds. The molecule has 5 heteroatoms. The highest BCUT2D eigenvalue weighted by Gasteiger charge is 2.23. The van der Waals surface area contributed by atoms with Crippen LogP contribution < -0.4 is 0 Å². The molecule has 0 aliphatic carbocycles. The molecule has 0 saturated heterocycles. The number of sulfone groups is 1. The van der Waals surface area contributed by atoms with Crippen LogP contribution >= 0.6 is 0 Å². The lowest BCUT2D eigenvalue weighted by molar-refractivity contribution is 0.588. The number of hydrogen-bond acceptors (Lipinski definition) is 3. The molecule has 2 rings (SSSR count). The molecule has 1 heterocycles. The van der Waals surface area contributed by atoms with E-state index in [4.69, 9.17) is 0 Å². The van der Waals surface area contributed by atoms with Gasteiger partial charge in [-0.3, -0.25) is 0 Å². The van der Waals surface area contributed by atoms with Gasteiger partial charge >= 0.3 is 0 Å². The average molecular weight is 250 g/mol. The van der Waals surface area contributed by atoms with Crippen molar-refractivity contribution in [2.75, 3.05) is 0 Å². The summed E-state index contributed by atoms with van der Waals surface area (Å²) in [4.78, 5) is 6.77. The van der Waals surface area contributed by atoms with Gasteiger partial charge in [0.05, 0.1) is 4.90 Å². The molecular weight excluding hydrogens is 236 g/mol. The maximum atomic E-state index is 12.3. The summed E-state index contributed by atoms with van der Waals surface area (Å²) in [6.07, 6.45) is 2.94. The number of aryl methyl sites for hydroxylation is 1. The monoisotopic (exact) mass is 250 g/mol. The van der Waals surface area contributed by atoms with Crippen molar-refractivity contribution in [3.63, 3.8) is 0 Å². The molecular formula is C12H14N2O2S. The molecule has 0 fully saturated rings. The van der Waals surface area contributed by atoms with Crippen LogP contribution in [0.3, 0.4) is 0 Å². The van der Waals surface area contributed by atoms with Gasteiger partial charge in [-0.25, -0.2) is 13.4 Å². The van der Waals surface area contributed by atoms with Gasteiger partial charge in [0.25, 0.3) is 0 Å². The van der Waals surface area contributed by atoms with Crippen LogP contribution in [0.4, 0.5) is 0 Å². The van der Waals surface area contributed by atoms with Crippen molar-refractivity contribution in [1.82, 2.24) is 9.97 Å². The number of nitrogens with one attached hydrogen (secondary N) is 1. The van der Waals surface area contributed by atoms with Crippen LogP contribution in [0, 0.1) is 20.8 Å². The summed E-state index contributed by atoms with van der Waals surface area (Å²) >= 11 is 0. The van der Waals surface area contributed by atoms with E-state index in [2.05, 4.69) is 9.97 Å². The Morgan fingerprint density at radius 1 is 1.12 bits per heavy atom. The van der Waals surface area contributed by atoms with E-state index in [0.29, 0.717) is 4.90 Å². The Labute approximate surface area is 101 Å². The van der Waals surface area contributed by atoms with Crippen LogP contribution in [0.2, 0.25) is 0 Å². The summed E-state index contributed by atoms with van der Waals surface area (Å²) in [5, 5.41) is -0.0103. The zero-order valence-corrected chi connectivity index (χ0v) is 10.8. The quantitative estimate of drug-likeness (QED) is 0.888. The summed E-state index contributed by atoms with van der Waals surface area (Å²) in [6, 6.07) is 3.45. The highest BCUT2D eigenvalue weighted by atomic mass is 32.2. The third kappa shape index (κ3) is 1.86. The minimum Gasteiger partial charge on any atom is -0.335 e. The first kappa shape index (κ1) is 11.9. The first-order chi connectivity index (χ1) is 7.94. The summed E-state index contributed by atoms with van der Waals surface area (Å²) in [5.74, 6) is 0. The summed E-state index contributed by atoms with van der Waals surface area (Å²) in [7, 11) is -3.53. The van der Waals surface area contributed by atoms with Crippen molar-refractivity contribution in [3.8, 4) is 0 Å². The van der Waals surface area contributed by atoms with Gasteiger partial charge in [-0.05, 0) is 43.5 Å². The molecule has 1 aromatic heterocycles. The predicted molar refractivity (Wildman–Crippen MR) is 64.7 cm³/mol. The smallest absolute Gasteiger partial charge is 0.240 e. The third-order valence-electron chi connectivity index (χ3n) is 3.03. The van der Waals surface area contributed by atoms with Crippen LogP contribution in [0.1, 0.15) is 16.7 Å². The van der Waals surface area contributed by atoms with Crippen molar-refractivity contribution >= 4 is 9.84 Å². The van der Waals surface area contributed by atoms with Crippen LogP contribution in [0.25, 0.3) is 0 Å². The first-order valence-electron chi connectivity index (χ1n) is 5.26. The number of aromatic nitrogens is 2. The van der Waals surface area contributed by atoms with Crippen LogP contribution in [0.15, 0.2) is 34.6 Å². The Morgan fingerprint density at radius 3 is 2.41 bits per heavy atom. The second-order valence-corrected chi connectivity index (χ2v) is 5.86. The maximum Gasteiger partial charge on any atom is 0.240 e. The van der Waals surface area contributed by atoms with Crippen molar-refractivity contribution in [3.05, 3.63) is 41.2 Å². The Bertz CT molecular complexity index is 643. The molecule has 1 N–H and O–H groups in total. The van der Waals surface area contributed by atoms with E-state index in [0.717, 1.165) is 16.7 Å². The molecule has 90 valence electrons. The maximum absolute atomic E-state index is 12.3. The Hall–Kier alpha value is -1.62. The van der Waals surface area contributed by atoms with E-state index in [1.165, 1.54) is 12.4 Å². The summed E-state index contributed by atoms with van der Waals surface area (Å²) < 4.78 is 24.6. The second kappa shape index (κ2) is 4.00. The first-order valence-corrected chi connectivity index (χ1v) is 6.74. The van der Waals surface area contributed by atoms with Crippen molar-refractivity contribution in [2.45, 2.75) is 30.8 Å². The topological polar surface area (TPSA) is 62.8 Å². The standard InChI is InChI=1S/C12H14N2O2S/c1-8-4-5-11(10(3)9(8)2)17(15,16)12-13-6-7-14-12/h4-7H,1-3H3,(H,13,14). The normalized spacial score (nSPS) is 11.7. The van der Waals surface area contributed by atoms with Gasteiger partial charge in [-0.2, -0.15) is 0 Å². The van der Waals surface area contributed by atoms with Gasteiger partial charge in [0.1, 0.15) is 0 Å². The average Bonchev–Trinajstić information content (AvgIpc) is 2.79. The number of benzene rings is 1. The van der Waals surface area contributed by atoms with Crippen LogP contribution in [0.5, 0.6) is 0 Å². The summed E-state index contributed by atoms with van der Waals surface area (Å²) in [5.41, 5.74) is 2.86. The van der Waals surface area contributed by atoms with Gasteiger partial charge in [0.15, 0.2) is 0 Å². The molecule has 0 radical (unpaired) electrons. The lowest BCUT2D eigenvalue weighted by atomic mass is 10.1. The third-order valence-corrected chi connectivity index (χ3v) is 4.78. The molecule has 2 aromatic rings. The minimum absolute atomic E-state index is 0.0103. The Kier molecular flexibility index (Phi) is 2.79. The van der Waals surface area contributed by atoms with E-state index in [-0.39, 0.29) is 5.16 Å². The lowest BCUT2D eigenvalue weighted by Crippen LogP contribution is -2.07. The molecule has 4 nitrogen and oxygen atoms in total. The fourth-order valence-electron chi connectivity index (χ4n) is 1.72. The van der Waals surface area contributed by atoms with E-state index >= 15 is 0 Å². The predicted octanol–water partition coefficient (Wildman–Crippen LogP) is 2.17. The van der Waals surface area contributed by atoms with Gasteiger partial charge in [0, 0.05) is 12.4 Å². The largest absolute Gasteiger partial charge is 0.335 e. The number of imidazole rings is 1. The summed E-state index contributed by atoms with van der Waals surface area (Å²) in [6.45, 7) is 5.70. The van der Waals surface area contributed by atoms with E-state index < -0.39 is 9.84 Å². The number of H-pyrrole nitrogens is 1. The Morgan fingerprint density at radius 2 is 1.82 bits per heavy atom. The number of hydrogen-bond donors (Lipinski definition) is 1. The van der Waals surface area contributed by atoms with Gasteiger partial charge in [-0.1, -0.05) is 6.07 Å². The van der Waals surface area contributed by atoms with Gasteiger partial charge in [-0.15, -0.1) is 0 Å². The highest BCUT2D eigenvalue weighted by molar-refractivity contribution is 7.91. The fourth-order valence-corrected chi connectivity index (χ4v) is 3.16. The zero-order valence-electron chi connectivity index (χ0n) is 9.98. The Balaban J connectivity index is 2.67. The van der Waals surface area contributed by atoms with Gasteiger partial charge < -0.3 is 4.98 Å². The fraction of sp³-hybridized carbons (Fsp3) is 0.250. The molecule has 0 aliphatic rings. The number of aromatic amines is 1. The van der Waals surface area contributed by atoms with E-state index in [1.54, 1.807) is 6.07 Å². The van der Waals surface area contributed by atoms with Crippen LogP contribution in [-0.4, -0.2) is 18.4 Å². The van der Waals surface area contributed by atoms with Gasteiger partial charge in [0.2, 0.25) is 15.0 Å². The molecule has 0 saturated carbocycles. The zero-order chi connectivity index (χ0) is 12.6. The van der Waals surface area contributed by atoms with E-state index in [9.17, 15) is 8.42 Å². The van der Waals surface area contributed by atoms with E-state index in [1.807, 2.05) is 26.8 Å². The number of rotatable bonds is 2. The molecule has 0 unspecified atom stereocenters. The molecule has 0 spiro atoms. The molecule has 1 aromatic carbocycles. The van der Waals surface area contributed by atoms with Crippen molar-refractivity contribution in [1.29, 1.82) is 0 Å². The molecule has 0 bridgehead atoms. The molecule has 0 aliphatic heterocycles. The second-order valence-electron chi connectivity index (χ2n) is 4.03. The van der Waals surface area contributed by atoms with Crippen molar-refractivity contribution in [2.24, 2.45) is 0 Å². The van der Waals surface area contributed by atoms with Crippen LogP contribution in [-0.2, 0) is 9.84 Å². The SMILES string of the molecule is Cc1ccc(S(=O)(=O)c2ncc[nH]2)c(C)c1C. The molecule has 17 heavy (non-hydrogen) atoms. The number of nitrogens with zero attached hydrogens (tertiary/aromatic N) is 1. The molecule has 0 atom stereocenters. The minimum atomic E-state index is -3.53. The highest BCUT2D eigenvalue weighted by Crippen LogP contribution is 2.25. The van der Waals surface area contributed by atoms with Crippen molar-refractivity contribution < 1.29 is 8.42 Å². The lowest BCUT2D eigenvalue weighted by Gasteiger charge is -2.10.